The molecule has 0 radical (unpaired) electrons. The number of hydrogen-bond donors (Lipinski definition) is 2. The Balaban J connectivity index is 3.36. The van der Waals surface area contributed by atoms with Crippen LogP contribution in [0, 0.1) is 0 Å². The van der Waals surface area contributed by atoms with Crippen LogP contribution in [0.1, 0.15) is 13.3 Å². The Labute approximate surface area is 106 Å². The summed E-state index contributed by atoms with van der Waals surface area (Å²) in [5, 5.41) is 3.90. The van der Waals surface area contributed by atoms with Gasteiger partial charge in [-0.15, -0.1) is 11.6 Å². The lowest BCUT2D eigenvalue weighted by atomic mass is 10.4. The van der Waals surface area contributed by atoms with Gasteiger partial charge in [0.15, 0.2) is 0 Å². The summed E-state index contributed by atoms with van der Waals surface area (Å²) in [7, 11) is 1.60. The maximum Gasteiger partial charge on any atom is 0.321 e. The molecule has 100 valence electrons. The third-order valence-corrected chi connectivity index (χ3v) is 1.98. The maximum atomic E-state index is 11.1. The van der Waals surface area contributed by atoms with E-state index in [9.17, 15) is 9.59 Å². The monoisotopic (exact) mass is 266 g/mol. The average molecular weight is 267 g/mol. The van der Waals surface area contributed by atoms with Crippen LogP contribution in [0.15, 0.2) is 0 Å². The lowest BCUT2D eigenvalue weighted by Crippen LogP contribution is -2.42. The Bertz CT molecular complexity index is 236. The van der Waals surface area contributed by atoms with Crippen LogP contribution in [-0.2, 0) is 14.3 Å². The molecule has 0 aromatic rings. The van der Waals surface area contributed by atoms with Crippen molar-refractivity contribution in [3.8, 4) is 0 Å². The van der Waals surface area contributed by atoms with E-state index >= 15 is 0 Å². The Morgan fingerprint density at radius 1 is 1.29 bits per heavy atom. The predicted octanol–water partition coefficient (Wildman–Crippen LogP) is 0.493. The van der Waals surface area contributed by atoms with Crippen molar-refractivity contribution in [1.82, 2.24) is 10.6 Å². The SMILES string of the molecule is COCCOCCCNC(=O)NC(=O)C(C)Cl. The first-order chi connectivity index (χ1) is 8.07. The summed E-state index contributed by atoms with van der Waals surface area (Å²) in [4.78, 5) is 22.1. The molecular weight excluding hydrogens is 248 g/mol. The molecule has 0 saturated carbocycles. The lowest BCUT2D eigenvalue weighted by Gasteiger charge is -2.07. The second kappa shape index (κ2) is 10.3. The molecule has 3 amide bonds. The van der Waals surface area contributed by atoms with Gasteiger partial charge in [-0.2, -0.15) is 0 Å². The molecule has 2 N–H and O–H groups in total. The first-order valence-corrected chi connectivity index (χ1v) is 5.81. The van der Waals surface area contributed by atoms with Gasteiger partial charge in [-0.25, -0.2) is 4.79 Å². The molecule has 0 aromatic carbocycles. The second-order valence-electron chi connectivity index (χ2n) is 3.32. The van der Waals surface area contributed by atoms with Crippen LogP contribution in [-0.4, -0.2) is 50.8 Å². The first-order valence-electron chi connectivity index (χ1n) is 5.37. The van der Waals surface area contributed by atoms with Crippen molar-refractivity contribution in [1.29, 1.82) is 0 Å². The largest absolute Gasteiger partial charge is 0.382 e. The molecule has 0 aromatic heterocycles. The number of rotatable bonds is 8. The molecule has 7 heteroatoms. The minimum atomic E-state index is -0.724. The van der Waals surface area contributed by atoms with Gasteiger partial charge in [0.2, 0.25) is 5.91 Å². The summed E-state index contributed by atoms with van der Waals surface area (Å²) in [6.45, 7) is 3.54. The second-order valence-corrected chi connectivity index (χ2v) is 3.97. The van der Waals surface area contributed by atoms with E-state index in [1.54, 1.807) is 7.11 Å². The molecule has 0 bridgehead atoms. The standard InChI is InChI=1S/C10H19ClN2O4/c1-8(11)9(14)13-10(15)12-4-3-5-17-7-6-16-2/h8H,3-7H2,1-2H3,(H2,12,13,14,15). The minimum Gasteiger partial charge on any atom is -0.382 e. The highest BCUT2D eigenvalue weighted by Gasteiger charge is 2.11. The summed E-state index contributed by atoms with van der Waals surface area (Å²) in [6.07, 6.45) is 0.668. The fraction of sp³-hybridized carbons (Fsp3) is 0.800. The summed E-state index contributed by atoms with van der Waals surface area (Å²) < 4.78 is 9.99. The van der Waals surface area contributed by atoms with Gasteiger partial charge >= 0.3 is 6.03 Å². The average Bonchev–Trinajstić information content (AvgIpc) is 2.27. The van der Waals surface area contributed by atoms with Gasteiger partial charge in [-0.3, -0.25) is 10.1 Å². The van der Waals surface area contributed by atoms with Gasteiger partial charge in [0, 0.05) is 20.3 Å². The highest BCUT2D eigenvalue weighted by Crippen LogP contribution is 1.91. The number of amides is 3. The van der Waals surface area contributed by atoms with Gasteiger partial charge in [-0.05, 0) is 13.3 Å². The number of carbonyl (C=O) groups excluding carboxylic acids is 2. The van der Waals surface area contributed by atoms with Crippen LogP contribution in [0.5, 0.6) is 0 Å². The van der Waals surface area contributed by atoms with Crippen molar-refractivity contribution in [2.24, 2.45) is 0 Å². The Kier molecular flexibility index (Phi) is 9.80. The van der Waals surface area contributed by atoms with Crippen molar-refractivity contribution < 1.29 is 19.1 Å². The van der Waals surface area contributed by atoms with Gasteiger partial charge in [0.05, 0.1) is 13.2 Å². The van der Waals surface area contributed by atoms with Crippen molar-refractivity contribution in [3.05, 3.63) is 0 Å². The molecule has 0 aliphatic heterocycles. The highest BCUT2D eigenvalue weighted by atomic mass is 35.5. The fourth-order valence-corrected chi connectivity index (χ4v) is 0.931. The normalized spacial score (nSPS) is 11.9. The maximum absolute atomic E-state index is 11.1. The van der Waals surface area contributed by atoms with Crippen molar-refractivity contribution in [2.45, 2.75) is 18.7 Å². The molecule has 17 heavy (non-hydrogen) atoms. The van der Waals surface area contributed by atoms with E-state index in [4.69, 9.17) is 21.1 Å². The Morgan fingerprint density at radius 2 is 2.00 bits per heavy atom. The van der Waals surface area contributed by atoms with Gasteiger partial charge in [0.1, 0.15) is 5.38 Å². The van der Waals surface area contributed by atoms with Crippen LogP contribution >= 0.6 is 11.6 Å². The number of urea groups is 1. The highest BCUT2D eigenvalue weighted by molar-refractivity contribution is 6.31. The molecule has 0 aliphatic rings. The summed E-state index contributed by atoms with van der Waals surface area (Å²) in [5.41, 5.74) is 0. The van der Waals surface area contributed by atoms with Gasteiger partial charge in [-0.1, -0.05) is 0 Å². The Hall–Kier alpha value is -0.850. The van der Waals surface area contributed by atoms with Crippen molar-refractivity contribution >= 4 is 23.5 Å². The number of imide groups is 1. The third-order valence-electron chi connectivity index (χ3n) is 1.78. The Morgan fingerprint density at radius 3 is 2.59 bits per heavy atom. The molecule has 1 unspecified atom stereocenters. The number of nitrogens with one attached hydrogen (secondary N) is 2. The quantitative estimate of drug-likeness (QED) is 0.495. The van der Waals surface area contributed by atoms with Crippen LogP contribution in [0.2, 0.25) is 0 Å². The van der Waals surface area contributed by atoms with E-state index in [0.29, 0.717) is 32.8 Å². The van der Waals surface area contributed by atoms with Crippen LogP contribution in [0.3, 0.4) is 0 Å². The molecule has 0 aliphatic carbocycles. The fourth-order valence-electron chi connectivity index (χ4n) is 0.876. The third kappa shape index (κ3) is 10.0. The molecule has 0 spiro atoms. The molecule has 0 saturated heterocycles. The van der Waals surface area contributed by atoms with Crippen LogP contribution in [0.4, 0.5) is 4.79 Å². The van der Waals surface area contributed by atoms with Crippen LogP contribution in [0.25, 0.3) is 0 Å². The molecule has 0 fully saturated rings. The van der Waals surface area contributed by atoms with E-state index in [1.807, 2.05) is 0 Å². The molecule has 0 heterocycles. The molecule has 1 atom stereocenters. The molecule has 0 rings (SSSR count). The first kappa shape index (κ1) is 16.1. The number of ether oxygens (including phenoxy) is 2. The topological polar surface area (TPSA) is 76.7 Å². The van der Waals surface area contributed by atoms with E-state index in [-0.39, 0.29) is 0 Å². The summed E-state index contributed by atoms with van der Waals surface area (Å²) >= 11 is 5.48. The van der Waals surface area contributed by atoms with Crippen molar-refractivity contribution in [3.63, 3.8) is 0 Å². The van der Waals surface area contributed by atoms with Gasteiger partial charge < -0.3 is 14.8 Å². The zero-order valence-electron chi connectivity index (χ0n) is 10.1. The van der Waals surface area contributed by atoms with Gasteiger partial charge in [0.25, 0.3) is 0 Å². The van der Waals surface area contributed by atoms with E-state index in [0.717, 1.165) is 0 Å². The lowest BCUT2D eigenvalue weighted by molar-refractivity contribution is -0.119. The predicted molar refractivity (Wildman–Crippen MR) is 64.2 cm³/mol. The van der Waals surface area contributed by atoms with E-state index < -0.39 is 17.3 Å². The zero-order chi connectivity index (χ0) is 13.1. The number of hydrogen-bond acceptors (Lipinski definition) is 4. The smallest absolute Gasteiger partial charge is 0.321 e. The number of carbonyl (C=O) groups is 2. The summed E-state index contributed by atoms with van der Waals surface area (Å²) in [5.74, 6) is -0.513. The van der Waals surface area contributed by atoms with Crippen LogP contribution < -0.4 is 10.6 Å². The number of methoxy groups -OCH3 is 1. The van der Waals surface area contributed by atoms with E-state index in [2.05, 4.69) is 10.6 Å². The number of halogens is 1. The molecule has 6 nitrogen and oxygen atoms in total. The number of alkyl halides is 1. The minimum absolute atomic E-state index is 0.433. The molecular formula is C10H19ClN2O4. The zero-order valence-corrected chi connectivity index (χ0v) is 10.9. The van der Waals surface area contributed by atoms with E-state index in [1.165, 1.54) is 6.92 Å². The summed E-state index contributed by atoms with van der Waals surface area (Å²) in [6, 6.07) is -0.542. The van der Waals surface area contributed by atoms with Crippen molar-refractivity contribution in [2.75, 3.05) is 33.5 Å².